The highest BCUT2D eigenvalue weighted by Crippen LogP contribution is 2.34. The SMILES string of the molecule is CS(=O)(=O)c1cccc(C(=O)N2CCN(C(=O)Cn3cc4cc(N5CC=CC=C5C(F)(F)F)ccc4n3)CC2)c1. The van der Waals surface area contributed by atoms with Gasteiger partial charge in [-0.15, -0.1) is 0 Å². The maximum atomic E-state index is 13.5. The number of carbonyl (C=O) groups excluding carboxylic acids is 2. The van der Waals surface area contributed by atoms with Gasteiger partial charge in [-0.2, -0.15) is 18.3 Å². The van der Waals surface area contributed by atoms with Crippen LogP contribution in [0.3, 0.4) is 0 Å². The minimum Gasteiger partial charge on any atom is -0.338 e. The number of hydrogen-bond donors (Lipinski definition) is 0. The van der Waals surface area contributed by atoms with Crippen LogP contribution in [0.4, 0.5) is 18.9 Å². The Balaban J connectivity index is 1.22. The maximum absolute atomic E-state index is 13.5. The normalized spacial score (nSPS) is 16.4. The molecule has 2 aliphatic heterocycles. The summed E-state index contributed by atoms with van der Waals surface area (Å²) in [7, 11) is -3.45. The Kier molecular flexibility index (Phi) is 7.17. The van der Waals surface area contributed by atoms with Crippen LogP contribution >= 0.6 is 0 Å². The summed E-state index contributed by atoms with van der Waals surface area (Å²) in [5.41, 5.74) is 0.434. The van der Waals surface area contributed by atoms with Crippen molar-refractivity contribution in [2.45, 2.75) is 17.6 Å². The summed E-state index contributed by atoms with van der Waals surface area (Å²) in [4.78, 5) is 30.3. The van der Waals surface area contributed by atoms with Crippen molar-refractivity contribution in [2.75, 3.05) is 43.9 Å². The molecule has 2 aliphatic rings. The monoisotopic (exact) mass is 573 g/mol. The van der Waals surface area contributed by atoms with Gasteiger partial charge in [-0.25, -0.2) is 8.42 Å². The summed E-state index contributed by atoms with van der Waals surface area (Å²) in [6.45, 7) is 1.21. The van der Waals surface area contributed by atoms with Crippen LogP contribution in [0.5, 0.6) is 0 Å². The van der Waals surface area contributed by atoms with Crippen LogP contribution in [0.2, 0.25) is 0 Å². The zero-order valence-corrected chi connectivity index (χ0v) is 22.3. The number of amides is 2. The first-order valence-electron chi connectivity index (χ1n) is 12.5. The topological polar surface area (TPSA) is 95.8 Å². The molecule has 0 atom stereocenters. The van der Waals surface area contributed by atoms with E-state index in [4.69, 9.17) is 0 Å². The Morgan fingerprint density at radius 3 is 2.42 bits per heavy atom. The van der Waals surface area contributed by atoms with Gasteiger partial charge in [0.05, 0.1) is 10.4 Å². The number of allylic oxidation sites excluding steroid dienone is 3. The predicted octanol–water partition coefficient (Wildman–Crippen LogP) is 3.25. The molecule has 3 aromatic rings. The average molecular weight is 574 g/mol. The molecule has 9 nitrogen and oxygen atoms in total. The molecule has 2 aromatic carbocycles. The second kappa shape index (κ2) is 10.5. The number of alkyl halides is 3. The number of nitrogens with zero attached hydrogens (tertiary/aromatic N) is 5. The van der Waals surface area contributed by atoms with Gasteiger partial charge in [0.2, 0.25) is 5.91 Å². The van der Waals surface area contributed by atoms with Gasteiger partial charge in [0.25, 0.3) is 5.91 Å². The smallest absolute Gasteiger partial charge is 0.338 e. The van der Waals surface area contributed by atoms with Gasteiger partial charge in [0, 0.05) is 61.8 Å². The highest BCUT2D eigenvalue weighted by atomic mass is 32.2. The van der Waals surface area contributed by atoms with E-state index in [-0.39, 0.29) is 48.5 Å². The number of hydrogen-bond acceptors (Lipinski definition) is 6. The minimum atomic E-state index is -4.49. The van der Waals surface area contributed by atoms with Crippen LogP contribution in [-0.2, 0) is 21.2 Å². The van der Waals surface area contributed by atoms with Crippen LogP contribution in [-0.4, -0.2) is 85.0 Å². The van der Waals surface area contributed by atoms with Crippen molar-refractivity contribution in [2.24, 2.45) is 0 Å². The fraction of sp³-hybridized carbons (Fsp3) is 0.296. The molecule has 1 aromatic heterocycles. The zero-order valence-electron chi connectivity index (χ0n) is 21.5. The molecule has 5 rings (SSSR count). The molecule has 0 unspecified atom stereocenters. The largest absolute Gasteiger partial charge is 0.431 e. The standard InChI is InChI=1S/C27H26F3N5O4S/c1-40(38,39)22-6-4-5-19(16-22)26(37)33-13-11-32(12-14-33)25(36)18-34-17-20-15-21(8-9-23(20)31-34)35-10-3-2-7-24(35)27(28,29)30/h2-9,15-17H,10-14,18H2,1H3. The fourth-order valence-electron chi connectivity index (χ4n) is 4.76. The average Bonchev–Trinajstić information content (AvgIpc) is 3.33. The van der Waals surface area contributed by atoms with Crippen molar-refractivity contribution in [3.05, 3.63) is 78.1 Å². The summed E-state index contributed by atoms with van der Waals surface area (Å²) in [5.74, 6) is -0.512. The number of piperazine rings is 1. The van der Waals surface area contributed by atoms with E-state index in [1.807, 2.05) is 0 Å². The molecular weight excluding hydrogens is 547 g/mol. The van der Waals surface area contributed by atoms with Gasteiger partial charge < -0.3 is 14.7 Å². The number of sulfone groups is 1. The third-order valence-corrected chi connectivity index (χ3v) is 7.94. The minimum absolute atomic E-state index is 0.0610. The van der Waals surface area contributed by atoms with E-state index in [0.29, 0.717) is 29.7 Å². The molecule has 0 N–H and O–H groups in total. The summed E-state index contributed by atoms with van der Waals surface area (Å²) in [5, 5.41) is 5.00. The molecule has 40 heavy (non-hydrogen) atoms. The maximum Gasteiger partial charge on any atom is 0.431 e. The van der Waals surface area contributed by atoms with E-state index in [1.54, 1.807) is 46.3 Å². The van der Waals surface area contributed by atoms with E-state index in [1.165, 1.54) is 33.9 Å². The molecule has 1 fully saturated rings. The second-order valence-electron chi connectivity index (χ2n) is 9.63. The van der Waals surface area contributed by atoms with E-state index < -0.39 is 21.7 Å². The Bertz CT molecular complexity index is 1640. The number of aromatic nitrogens is 2. The Hall–Kier alpha value is -4.13. The first-order valence-corrected chi connectivity index (χ1v) is 14.4. The number of fused-ring (bicyclic) bond motifs is 1. The number of halogens is 3. The lowest BCUT2D eigenvalue weighted by atomic mass is 10.1. The molecule has 13 heteroatoms. The number of benzene rings is 2. The molecule has 0 bridgehead atoms. The molecule has 0 saturated carbocycles. The van der Waals surface area contributed by atoms with E-state index in [2.05, 4.69) is 5.10 Å². The van der Waals surface area contributed by atoms with Crippen molar-refractivity contribution in [3.63, 3.8) is 0 Å². The first-order chi connectivity index (χ1) is 18.9. The Labute approximate surface area is 228 Å². The van der Waals surface area contributed by atoms with Gasteiger partial charge in [-0.3, -0.25) is 14.3 Å². The van der Waals surface area contributed by atoms with Gasteiger partial charge in [-0.1, -0.05) is 18.2 Å². The Morgan fingerprint density at radius 1 is 1.00 bits per heavy atom. The lowest BCUT2D eigenvalue weighted by Gasteiger charge is -2.34. The van der Waals surface area contributed by atoms with Crippen LogP contribution in [0.1, 0.15) is 10.4 Å². The predicted molar refractivity (Wildman–Crippen MR) is 142 cm³/mol. The summed E-state index contributed by atoms with van der Waals surface area (Å²) < 4.78 is 65.6. The highest BCUT2D eigenvalue weighted by Gasteiger charge is 2.38. The summed E-state index contributed by atoms with van der Waals surface area (Å²) >= 11 is 0. The number of rotatable bonds is 5. The van der Waals surface area contributed by atoms with Gasteiger partial charge in [0.15, 0.2) is 9.84 Å². The molecule has 0 spiro atoms. The van der Waals surface area contributed by atoms with Crippen LogP contribution in [0.25, 0.3) is 10.9 Å². The van der Waals surface area contributed by atoms with Crippen molar-refractivity contribution >= 4 is 38.2 Å². The molecule has 0 radical (unpaired) electrons. The van der Waals surface area contributed by atoms with Gasteiger partial charge >= 0.3 is 6.18 Å². The van der Waals surface area contributed by atoms with Gasteiger partial charge in [-0.05, 0) is 42.5 Å². The van der Waals surface area contributed by atoms with Crippen molar-refractivity contribution in [1.82, 2.24) is 19.6 Å². The van der Waals surface area contributed by atoms with E-state index in [0.717, 1.165) is 12.3 Å². The van der Waals surface area contributed by atoms with Crippen molar-refractivity contribution < 1.29 is 31.2 Å². The highest BCUT2D eigenvalue weighted by molar-refractivity contribution is 7.90. The first kappa shape index (κ1) is 27.4. The van der Waals surface area contributed by atoms with Crippen LogP contribution in [0.15, 0.2) is 77.5 Å². The number of anilines is 1. The van der Waals surface area contributed by atoms with Crippen LogP contribution < -0.4 is 4.90 Å². The second-order valence-corrected chi connectivity index (χ2v) is 11.6. The number of carbonyl (C=O) groups is 2. The molecule has 3 heterocycles. The zero-order chi connectivity index (χ0) is 28.7. The lowest BCUT2D eigenvalue weighted by molar-refractivity contribution is -0.133. The summed E-state index contributed by atoms with van der Waals surface area (Å²) in [6.07, 6.45) is 2.27. The van der Waals surface area contributed by atoms with Crippen molar-refractivity contribution in [3.8, 4) is 0 Å². The molecule has 210 valence electrons. The van der Waals surface area contributed by atoms with Gasteiger partial charge in [0.1, 0.15) is 12.2 Å². The molecular formula is C27H26F3N5O4S. The van der Waals surface area contributed by atoms with Crippen LogP contribution in [0, 0.1) is 0 Å². The third kappa shape index (κ3) is 5.74. The lowest BCUT2D eigenvalue weighted by Crippen LogP contribution is -2.51. The van der Waals surface area contributed by atoms with E-state index >= 15 is 0 Å². The molecule has 1 saturated heterocycles. The summed E-state index contributed by atoms with van der Waals surface area (Å²) in [6, 6.07) is 10.7. The third-order valence-electron chi connectivity index (χ3n) is 6.83. The fourth-order valence-corrected chi connectivity index (χ4v) is 5.43. The molecule has 0 aliphatic carbocycles. The Morgan fingerprint density at radius 2 is 1.73 bits per heavy atom. The van der Waals surface area contributed by atoms with E-state index in [9.17, 15) is 31.2 Å². The quantitative estimate of drug-likeness (QED) is 0.465. The molecule has 2 amide bonds. The van der Waals surface area contributed by atoms with Crippen molar-refractivity contribution in [1.29, 1.82) is 0 Å².